The molecule has 29 heavy (non-hydrogen) atoms. The number of hydrogen-bond donors (Lipinski definition) is 2. The maximum Gasteiger partial charge on any atom is 0.261 e. The third-order valence-electron chi connectivity index (χ3n) is 5.09. The first-order valence-electron chi connectivity index (χ1n) is 10.2. The van der Waals surface area contributed by atoms with E-state index in [9.17, 15) is 13.2 Å². The molecule has 0 unspecified atom stereocenters. The van der Waals surface area contributed by atoms with Crippen LogP contribution in [0.2, 0.25) is 0 Å². The van der Waals surface area contributed by atoms with Crippen molar-refractivity contribution in [2.45, 2.75) is 37.0 Å². The number of nitrogens with one attached hydrogen (secondary N) is 2. The van der Waals surface area contributed by atoms with Crippen LogP contribution in [-0.2, 0) is 10.0 Å². The SMILES string of the molecule is O=C(NCCCN1CCCCCC1)c1ccc(NS(=O)(=O)c2ccccc2)cc1. The highest BCUT2D eigenvalue weighted by Gasteiger charge is 2.14. The van der Waals surface area contributed by atoms with Gasteiger partial charge in [-0.05, 0) is 75.3 Å². The molecule has 0 atom stereocenters. The molecule has 1 fully saturated rings. The summed E-state index contributed by atoms with van der Waals surface area (Å²) >= 11 is 0. The van der Waals surface area contributed by atoms with Gasteiger partial charge in [0.15, 0.2) is 0 Å². The van der Waals surface area contributed by atoms with Gasteiger partial charge in [-0.15, -0.1) is 0 Å². The highest BCUT2D eigenvalue weighted by atomic mass is 32.2. The fraction of sp³-hybridized carbons (Fsp3) is 0.409. The first-order valence-corrected chi connectivity index (χ1v) is 11.7. The molecule has 7 heteroatoms. The Kier molecular flexibility index (Phi) is 7.66. The number of benzene rings is 2. The van der Waals surface area contributed by atoms with Crippen LogP contribution in [0.15, 0.2) is 59.5 Å². The van der Waals surface area contributed by atoms with Crippen molar-refractivity contribution < 1.29 is 13.2 Å². The van der Waals surface area contributed by atoms with Gasteiger partial charge in [0.25, 0.3) is 15.9 Å². The Morgan fingerprint density at radius 2 is 1.55 bits per heavy atom. The lowest BCUT2D eigenvalue weighted by atomic mass is 10.2. The van der Waals surface area contributed by atoms with Crippen LogP contribution in [0.3, 0.4) is 0 Å². The summed E-state index contributed by atoms with van der Waals surface area (Å²) in [7, 11) is -3.63. The second kappa shape index (κ2) is 10.4. The minimum atomic E-state index is -3.63. The van der Waals surface area contributed by atoms with Gasteiger partial charge in [0.2, 0.25) is 0 Å². The second-order valence-electron chi connectivity index (χ2n) is 7.36. The molecule has 2 N–H and O–H groups in total. The van der Waals surface area contributed by atoms with E-state index in [4.69, 9.17) is 0 Å². The Bertz CT molecular complexity index is 875. The van der Waals surface area contributed by atoms with Crippen LogP contribution in [-0.4, -0.2) is 45.4 Å². The number of nitrogens with zero attached hydrogens (tertiary/aromatic N) is 1. The van der Waals surface area contributed by atoms with Crippen molar-refractivity contribution >= 4 is 21.6 Å². The van der Waals surface area contributed by atoms with Crippen molar-refractivity contribution in [1.82, 2.24) is 10.2 Å². The summed E-state index contributed by atoms with van der Waals surface area (Å²) in [4.78, 5) is 15.0. The molecule has 1 amide bonds. The number of rotatable bonds is 8. The molecule has 2 aromatic rings. The van der Waals surface area contributed by atoms with Gasteiger partial charge in [-0.2, -0.15) is 0 Å². The topological polar surface area (TPSA) is 78.5 Å². The number of sulfonamides is 1. The monoisotopic (exact) mass is 415 g/mol. The molecule has 0 radical (unpaired) electrons. The van der Waals surface area contributed by atoms with Gasteiger partial charge in [-0.1, -0.05) is 31.0 Å². The molecule has 0 aromatic heterocycles. The Morgan fingerprint density at radius 3 is 2.21 bits per heavy atom. The zero-order chi connectivity index (χ0) is 20.5. The number of amides is 1. The number of carbonyl (C=O) groups excluding carboxylic acids is 1. The predicted molar refractivity (Wildman–Crippen MR) is 116 cm³/mol. The van der Waals surface area contributed by atoms with E-state index in [0.717, 1.165) is 26.1 Å². The summed E-state index contributed by atoms with van der Waals surface area (Å²) in [5.41, 5.74) is 0.939. The molecule has 1 aliphatic heterocycles. The minimum Gasteiger partial charge on any atom is -0.352 e. The molecule has 1 saturated heterocycles. The summed E-state index contributed by atoms with van der Waals surface area (Å²) in [5, 5.41) is 2.94. The number of anilines is 1. The molecule has 156 valence electrons. The third-order valence-corrected chi connectivity index (χ3v) is 6.49. The van der Waals surface area contributed by atoms with Crippen LogP contribution in [0, 0.1) is 0 Å². The van der Waals surface area contributed by atoms with Crippen molar-refractivity contribution in [3.05, 3.63) is 60.2 Å². The van der Waals surface area contributed by atoms with Crippen molar-refractivity contribution in [3.63, 3.8) is 0 Å². The largest absolute Gasteiger partial charge is 0.352 e. The van der Waals surface area contributed by atoms with Gasteiger partial charge in [-0.25, -0.2) is 8.42 Å². The van der Waals surface area contributed by atoms with Gasteiger partial charge in [-0.3, -0.25) is 9.52 Å². The van der Waals surface area contributed by atoms with Gasteiger partial charge in [0.1, 0.15) is 0 Å². The van der Waals surface area contributed by atoms with Crippen molar-refractivity contribution in [2.24, 2.45) is 0 Å². The molecule has 0 bridgehead atoms. The fourth-order valence-electron chi connectivity index (χ4n) is 3.47. The lowest BCUT2D eigenvalue weighted by Crippen LogP contribution is -2.30. The maximum absolute atomic E-state index is 12.4. The highest BCUT2D eigenvalue weighted by Crippen LogP contribution is 2.16. The summed E-state index contributed by atoms with van der Waals surface area (Å²) in [6.45, 7) is 3.97. The smallest absolute Gasteiger partial charge is 0.261 e. The summed E-state index contributed by atoms with van der Waals surface area (Å²) in [6, 6.07) is 14.7. The second-order valence-corrected chi connectivity index (χ2v) is 9.04. The Labute approximate surface area is 173 Å². The van der Waals surface area contributed by atoms with E-state index in [1.807, 2.05) is 0 Å². The van der Waals surface area contributed by atoms with Gasteiger partial charge in [0, 0.05) is 17.8 Å². The van der Waals surface area contributed by atoms with Crippen LogP contribution >= 0.6 is 0 Å². The minimum absolute atomic E-state index is 0.140. The molecule has 0 spiro atoms. The zero-order valence-corrected chi connectivity index (χ0v) is 17.5. The quantitative estimate of drug-likeness (QED) is 0.647. The van der Waals surface area contributed by atoms with Crippen LogP contribution < -0.4 is 10.0 Å². The average molecular weight is 416 g/mol. The maximum atomic E-state index is 12.4. The lowest BCUT2D eigenvalue weighted by Gasteiger charge is -2.19. The van der Waals surface area contributed by atoms with E-state index in [-0.39, 0.29) is 10.8 Å². The predicted octanol–water partition coefficient (Wildman–Crippen LogP) is 3.48. The molecule has 0 saturated carbocycles. The van der Waals surface area contributed by atoms with Gasteiger partial charge < -0.3 is 10.2 Å². The molecule has 2 aromatic carbocycles. The number of likely N-dealkylation sites (tertiary alicyclic amines) is 1. The summed E-state index contributed by atoms with van der Waals surface area (Å²) < 4.78 is 27.2. The van der Waals surface area contributed by atoms with Gasteiger partial charge >= 0.3 is 0 Å². The highest BCUT2D eigenvalue weighted by molar-refractivity contribution is 7.92. The van der Waals surface area contributed by atoms with Crippen LogP contribution in [0.5, 0.6) is 0 Å². The molecule has 1 aliphatic rings. The van der Waals surface area contributed by atoms with Crippen LogP contribution in [0.25, 0.3) is 0 Å². The fourth-order valence-corrected chi connectivity index (χ4v) is 4.55. The first kappa shape index (κ1) is 21.3. The number of hydrogen-bond acceptors (Lipinski definition) is 4. The number of carbonyl (C=O) groups is 1. The molecular formula is C22H29N3O3S. The van der Waals surface area contributed by atoms with E-state index < -0.39 is 10.0 Å². The third kappa shape index (κ3) is 6.58. The Morgan fingerprint density at radius 1 is 0.897 bits per heavy atom. The van der Waals surface area contributed by atoms with E-state index in [1.165, 1.54) is 37.8 Å². The Balaban J connectivity index is 1.46. The molecule has 1 heterocycles. The zero-order valence-electron chi connectivity index (χ0n) is 16.6. The van der Waals surface area contributed by atoms with E-state index in [1.54, 1.807) is 42.5 Å². The van der Waals surface area contributed by atoms with Crippen LogP contribution in [0.4, 0.5) is 5.69 Å². The molecule has 6 nitrogen and oxygen atoms in total. The first-order chi connectivity index (χ1) is 14.0. The van der Waals surface area contributed by atoms with Crippen molar-refractivity contribution in [3.8, 4) is 0 Å². The van der Waals surface area contributed by atoms with E-state index >= 15 is 0 Å². The lowest BCUT2D eigenvalue weighted by molar-refractivity contribution is 0.0951. The van der Waals surface area contributed by atoms with Crippen molar-refractivity contribution in [2.75, 3.05) is 30.9 Å². The normalized spacial score (nSPS) is 15.4. The van der Waals surface area contributed by atoms with E-state index in [2.05, 4.69) is 14.9 Å². The summed E-state index contributed by atoms with van der Waals surface area (Å²) in [5.74, 6) is -0.140. The standard InChI is InChI=1S/C22H29N3O3S/c26-22(23-15-8-18-25-16-6-1-2-7-17-25)19-11-13-20(14-12-19)24-29(27,28)21-9-4-3-5-10-21/h3-5,9-14,24H,1-2,6-8,15-18H2,(H,23,26). The molecular weight excluding hydrogens is 386 g/mol. The van der Waals surface area contributed by atoms with Crippen LogP contribution in [0.1, 0.15) is 42.5 Å². The summed E-state index contributed by atoms with van der Waals surface area (Å²) in [6.07, 6.45) is 6.12. The van der Waals surface area contributed by atoms with E-state index in [0.29, 0.717) is 17.8 Å². The molecule has 0 aliphatic carbocycles. The average Bonchev–Trinajstić information content (AvgIpc) is 3.01. The molecule has 3 rings (SSSR count). The van der Waals surface area contributed by atoms with Gasteiger partial charge in [0.05, 0.1) is 4.90 Å². The van der Waals surface area contributed by atoms with Crippen molar-refractivity contribution in [1.29, 1.82) is 0 Å². The Hall–Kier alpha value is -2.38.